The summed E-state index contributed by atoms with van der Waals surface area (Å²) in [6.07, 6.45) is 4.63. The molecule has 0 saturated carbocycles. The summed E-state index contributed by atoms with van der Waals surface area (Å²) in [5, 5.41) is 3.54. The van der Waals surface area contributed by atoms with E-state index in [-0.39, 0.29) is 6.04 Å². The molecule has 0 aliphatic carbocycles. The minimum atomic E-state index is 0.263. The van der Waals surface area contributed by atoms with E-state index < -0.39 is 0 Å². The third-order valence-corrected chi connectivity index (χ3v) is 4.60. The average Bonchev–Trinajstić information content (AvgIpc) is 2.38. The Kier molecular flexibility index (Phi) is 6.20. The monoisotopic (exact) mass is 460 g/mol. The van der Waals surface area contributed by atoms with E-state index >= 15 is 0 Å². The number of benzene rings is 1. The first kappa shape index (κ1) is 16.1. The molecule has 20 heavy (non-hydrogen) atoms. The molecule has 1 aromatic heterocycles. The first-order valence-electron chi connectivity index (χ1n) is 6.38. The molecular weight excluding hydrogens is 448 g/mol. The number of pyridine rings is 1. The van der Waals surface area contributed by atoms with E-state index in [1.165, 1.54) is 11.1 Å². The van der Waals surface area contributed by atoms with Gasteiger partial charge in [-0.1, -0.05) is 44.8 Å². The highest BCUT2D eigenvalue weighted by molar-refractivity contribution is 9.11. The van der Waals surface area contributed by atoms with Crippen LogP contribution in [-0.2, 0) is 6.42 Å². The van der Waals surface area contributed by atoms with Crippen molar-refractivity contribution >= 4 is 47.8 Å². The van der Waals surface area contributed by atoms with E-state index in [1.807, 2.05) is 6.20 Å². The van der Waals surface area contributed by atoms with Gasteiger partial charge in [-0.05, 0) is 58.2 Å². The van der Waals surface area contributed by atoms with Crippen molar-refractivity contribution in [1.29, 1.82) is 0 Å². The van der Waals surface area contributed by atoms with Gasteiger partial charge in [-0.2, -0.15) is 0 Å². The zero-order valence-electron chi connectivity index (χ0n) is 11.0. The van der Waals surface area contributed by atoms with E-state index in [4.69, 9.17) is 0 Å². The number of rotatable bonds is 5. The molecule has 1 unspecified atom stereocenters. The normalized spacial score (nSPS) is 12.4. The summed E-state index contributed by atoms with van der Waals surface area (Å²) >= 11 is 10.6. The van der Waals surface area contributed by atoms with Gasteiger partial charge in [0.25, 0.3) is 0 Å². The van der Waals surface area contributed by atoms with Crippen molar-refractivity contribution in [3.63, 3.8) is 0 Å². The van der Waals surface area contributed by atoms with Crippen LogP contribution >= 0.6 is 47.8 Å². The molecule has 2 rings (SSSR count). The lowest BCUT2D eigenvalue weighted by Crippen LogP contribution is -2.23. The van der Waals surface area contributed by atoms with Crippen LogP contribution < -0.4 is 5.32 Å². The molecule has 0 aliphatic rings. The van der Waals surface area contributed by atoms with Crippen LogP contribution in [0.5, 0.6) is 0 Å². The average molecular weight is 463 g/mol. The highest BCUT2D eigenvalue weighted by Gasteiger charge is 2.14. The first-order valence-corrected chi connectivity index (χ1v) is 8.75. The smallest absolute Gasteiger partial charge is 0.0410 e. The van der Waals surface area contributed by atoms with Crippen LogP contribution in [0.2, 0.25) is 0 Å². The SMILES string of the molecule is CCNC(Cc1cncc(Br)c1)c1ccc(Br)cc1Br. The largest absolute Gasteiger partial charge is 0.310 e. The van der Waals surface area contributed by atoms with Crippen molar-refractivity contribution in [2.75, 3.05) is 6.54 Å². The molecule has 1 N–H and O–H groups in total. The quantitative estimate of drug-likeness (QED) is 0.655. The molecule has 1 aromatic carbocycles. The summed E-state index contributed by atoms with van der Waals surface area (Å²) in [4.78, 5) is 4.23. The van der Waals surface area contributed by atoms with Crippen LogP contribution in [0.4, 0.5) is 0 Å². The highest BCUT2D eigenvalue weighted by atomic mass is 79.9. The molecule has 1 atom stereocenters. The van der Waals surface area contributed by atoms with Gasteiger partial charge in [0.2, 0.25) is 0 Å². The van der Waals surface area contributed by atoms with E-state index in [2.05, 4.69) is 89.3 Å². The minimum absolute atomic E-state index is 0.263. The molecule has 0 amide bonds. The number of likely N-dealkylation sites (N-methyl/N-ethyl adjacent to an activating group) is 1. The molecule has 106 valence electrons. The van der Waals surface area contributed by atoms with E-state index in [0.717, 1.165) is 26.4 Å². The molecule has 5 heteroatoms. The van der Waals surface area contributed by atoms with Crippen molar-refractivity contribution in [3.05, 3.63) is 61.2 Å². The Morgan fingerprint density at radius 1 is 1.10 bits per heavy atom. The summed E-state index contributed by atoms with van der Waals surface area (Å²) in [6, 6.07) is 8.68. The first-order chi connectivity index (χ1) is 9.60. The zero-order valence-corrected chi connectivity index (χ0v) is 15.8. The standard InChI is InChI=1S/C15H15Br3N2/c1-2-20-15(6-10-5-12(17)9-19-8-10)13-4-3-11(16)7-14(13)18/h3-5,7-9,15,20H,2,6H2,1H3. The van der Waals surface area contributed by atoms with Gasteiger partial charge in [0.15, 0.2) is 0 Å². The summed E-state index contributed by atoms with van der Waals surface area (Å²) in [6.45, 7) is 3.05. The highest BCUT2D eigenvalue weighted by Crippen LogP contribution is 2.29. The second-order valence-corrected chi connectivity index (χ2v) is 7.18. The summed E-state index contributed by atoms with van der Waals surface area (Å²) in [5.41, 5.74) is 2.47. The predicted molar refractivity (Wildman–Crippen MR) is 93.9 cm³/mol. The Morgan fingerprint density at radius 3 is 2.55 bits per heavy atom. The molecule has 0 saturated heterocycles. The lowest BCUT2D eigenvalue weighted by Gasteiger charge is -2.20. The number of nitrogens with zero attached hydrogens (tertiary/aromatic N) is 1. The number of hydrogen-bond acceptors (Lipinski definition) is 2. The second-order valence-electron chi connectivity index (χ2n) is 4.49. The molecule has 0 bridgehead atoms. The second kappa shape index (κ2) is 7.69. The lowest BCUT2D eigenvalue weighted by molar-refractivity contribution is 0.547. The van der Waals surface area contributed by atoms with Crippen molar-refractivity contribution in [3.8, 4) is 0 Å². The number of hydrogen-bond donors (Lipinski definition) is 1. The van der Waals surface area contributed by atoms with Crippen LogP contribution in [0.25, 0.3) is 0 Å². The Hall–Kier alpha value is -0.230. The molecule has 0 radical (unpaired) electrons. The van der Waals surface area contributed by atoms with E-state index in [9.17, 15) is 0 Å². The van der Waals surface area contributed by atoms with Crippen molar-refractivity contribution in [1.82, 2.24) is 10.3 Å². The molecule has 0 spiro atoms. The van der Waals surface area contributed by atoms with Crippen molar-refractivity contribution in [2.45, 2.75) is 19.4 Å². The maximum absolute atomic E-state index is 4.23. The molecule has 0 aliphatic heterocycles. The third-order valence-electron chi connectivity index (χ3n) is 2.99. The van der Waals surface area contributed by atoms with Crippen molar-refractivity contribution < 1.29 is 0 Å². The zero-order chi connectivity index (χ0) is 14.5. The Morgan fingerprint density at radius 2 is 1.90 bits per heavy atom. The summed E-state index contributed by atoms with van der Waals surface area (Å²) in [5.74, 6) is 0. The molecule has 1 heterocycles. The van der Waals surface area contributed by atoms with E-state index in [1.54, 1.807) is 6.20 Å². The number of nitrogens with one attached hydrogen (secondary N) is 1. The van der Waals surface area contributed by atoms with Gasteiger partial charge < -0.3 is 5.32 Å². The molecule has 2 nitrogen and oxygen atoms in total. The minimum Gasteiger partial charge on any atom is -0.310 e. The molecule has 0 fully saturated rings. The Balaban J connectivity index is 2.26. The van der Waals surface area contributed by atoms with Gasteiger partial charge in [-0.3, -0.25) is 4.98 Å². The van der Waals surface area contributed by atoms with Gasteiger partial charge >= 0.3 is 0 Å². The van der Waals surface area contributed by atoms with Gasteiger partial charge in [0.05, 0.1) is 0 Å². The fourth-order valence-electron chi connectivity index (χ4n) is 2.13. The number of halogens is 3. The summed E-state index contributed by atoms with van der Waals surface area (Å²) < 4.78 is 3.20. The van der Waals surface area contributed by atoms with Crippen LogP contribution in [0.15, 0.2) is 50.1 Å². The van der Waals surface area contributed by atoms with Crippen LogP contribution in [-0.4, -0.2) is 11.5 Å². The maximum atomic E-state index is 4.23. The van der Waals surface area contributed by atoms with Crippen molar-refractivity contribution in [2.24, 2.45) is 0 Å². The predicted octanol–water partition coefficient (Wildman–Crippen LogP) is 5.26. The molecule has 2 aromatic rings. The van der Waals surface area contributed by atoms with Crippen LogP contribution in [0.1, 0.15) is 24.1 Å². The maximum Gasteiger partial charge on any atom is 0.0410 e. The Bertz CT molecular complexity index is 587. The Labute approximate surface area is 144 Å². The molecular formula is C15H15Br3N2. The fraction of sp³-hybridized carbons (Fsp3) is 0.267. The summed E-state index contributed by atoms with van der Waals surface area (Å²) in [7, 11) is 0. The lowest BCUT2D eigenvalue weighted by atomic mass is 10.00. The van der Waals surface area contributed by atoms with Crippen LogP contribution in [0.3, 0.4) is 0 Å². The van der Waals surface area contributed by atoms with Gasteiger partial charge in [0.1, 0.15) is 0 Å². The van der Waals surface area contributed by atoms with E-state index in [0.29, 0.717) is 0 Å². The number of aromatic nitrogens is 1. The van der Waals surface area contributed by atoms with Gasteiger partial charge in [-0.15, -0.1) is 0 Å². The van der Waals surface area contributed by atoms with Crippen LogP contribution in [0, 0.1) is 0 Å². The van der Waals surface area contributed by atoms with Gasteiger partial charge in [-0.25, -0.2) is 0 Å². The van der Waals surface area contributed by atoms with Gasteiger partial charge in [0, 0.05) is 31.9 Å². The topological polar surface area (TPSA) is 24.9 Å². The fourth-order valence-corrected chi connectivity index (χ4v) is 3.86. The third kappa shape index (κ3) is 4.38.